The Labute approximate surface area is 113 Å². The van der Waals surface area contributed by atoms with Crippen molar-refractivity contribution >= 4 is 16.6 Å². The van der Waals surface area contributed by atoms with Gasteiger partial charge in [-0.15, -0.1) is 0 Å². The molecule has 1 aromatic heterocycles. The zero-order valence-electron chi connectivity index (χ0n) is 11.0. The summed E-state index contributed by atoms with van der Waals surface area (Å²) < 4.78 is 5.88. The minimum atomic E-state index is 0.704. The number of fused-ring (bicyclic) bond motifs is 1. The lowest BCUT2D eigenvalue weighted by molar-refractivity contribution is 0.239. The van der Waals surface area contributed by atoms with E-state index in [-0.39, 0.29) is 0 Å². The molecule has 1 aliphatic heterocycles. The molecule has 0 saturated carbocycles. The van der Waals surface area contributed by atoms with Gasteiger partial charge in [0, 0.05) is 23.8 Å². The number of ether oxygens (including phenoxy) is 1. The highest BCUT2D eigenvalue weighted by molar-refractivity contribution is 5.94. The molecule has 3 rings (SSSR count). The number of anilines is 1. The number of hydrogen-bond acceptors (Lipinski definition) is 4. The molecule has 0 unspecified atom stereocenters. The molecular weight excluding hydrogens is 238 g/mol. The molecule has 4 nitrogen and oxygen atoms in total. The molecule has 0 spiro atoms. The van der Waals surface area contributed by atoms with Gasteiger partial charge in [0.1, 0.15) is 17.9 Å². The molecule has 2 N–H and O–H groups in total. The third kappa shape index (κ3) is 2.63. The van der Waals surface area contributed by atoms with Gasteiger partial charge < -0.3 is 10.5 Å². The Balaban J connectivity index is 1.72. The Bertz CT molecular complexity index is 564. The van der Waals surface area contributed by atoms with Crippen molar-refractivity contribution < 1.29 is 4.74 Å². The third-order valence-electron chi connectivity index (χ3n) is 3.63. The lowest BCUT2D eigenvalue weighted by Crippen LogP contribution is -2.25. The van der Waals surface area contributed by atoms with Crippen LogP contribution in [0.2, 0.25) is 0 Å². The highest BCUT2D eigenvalue weighted by atomic mass is 16.5. The van der Waals surface area contributed by atoms with Crippen LogP contribution in [0.1, 0.15) is 12.8 Å². The van der Waals surface area contributed by atoms with E-state index in [4.69, 9.17) is 10.5 Å². The van der Waals surface area contributed by atoms with Gasteiger partial charge in [-0.1, -0.05) is 0 Å². The van der Waals surface area contributed by atoms with Gasteiger partial charge >= 0.3 is 0 Å². The SMILES string of the molecule is Nc1ccc(OCCN2CCCC2)c2ncccc12. The summed E-state index contributed by atoms with van der Waals surface area (Å²) in [6.07, 6.45) is 4.40. The molecule has 2 aromatic rings. The van der Waals surface area contributed by atoms with Crippen molar-refractivity contribution in [2.75, 3.05) is 32.0 Å². The van der Waals surface area contributed by atoms with Crippen LogP contribution in [-0.2, 0) is 0 Å². The number of likely N-dealkylation sites (tertiary alicyclic amines) is 1. The molecule has 100 valence electrons. The second-order valence-electron chi connectivity index (χ2n) is 4.95. The van der Waals surface area contributed by atoms with Crippen LogP contribution < -0.4 is 10.5 Å². The van der Waals surface area contributed by atoms with Crippen LogP contribution in [0.25, 0.3) is 10.9 Å². The van der Waals surface area contributed by atoms with Crippen LogP contribution >= 0.6 is 0 Å². The van der Waals surface area contributed by atoms with Crippen LogP contribution in [0.15, 0.2) is 30.5 Å². The Hall–Kier alpha value is -1.81. The normalized spacial score (nSPS) is 16.0. The van der Waals surface area contributed by atoms with Crippen LogP contribution in [-0.4, -0.2) is 36.1 Å². The van der Waals surface area contributed by atoms with Crippen LogP contribution in [0.3, 0.4) is 0 Å². The van der Waals surface area contributed by atoms with Crippen LogP contribution in [0.4, 0.5) is 5.69 Å². The minimum Gasteiger partial charge on any atom is -0.490 e. The zero-order chi connectivity index (χ0) is 13.1. The first-order chi connectivity index (χ1) is 9.34. The maximum Gasteiger partial charge on any atom is 0.145 e. The van der Waals surface area contributed by atoms with E-state index in [9.17, 15) is 0 Å². The van der Waals surface area contributed by atoms with Gasteiger partial charge in [-0.3, -0.25) is 9.88 Å². The number of benzene rings is 1. The number of rotatable bonds is 4. The summed E-state index contributed by atoms with van der Waals surface area (Å²) in [5, 5.41) is 0.959. The predicted molar refractivity (Wildman–Crippen MR) is 77.3 cm³/mol. The molecule has 0 radical (unpaired) electrons. The van der Waals surface area contributed by atoms with Crippen molar-refractivity contribution in [1.29, 1.82) is 0 Å². The molecular formula is C15H19N3O. The average Bonchev–Trinajstić information content (AvgIpc) is 2.95. The fraction of sp³-hybridized carbons (Fsp3) is 0.400. The number of aromatic nitrogens is 1. The zero-order valence-corrected chi connectivity index (χ0v) is 11.0. The van der Waals surface area contributed by atoms with Gasteiger partial charge in [-0.05, 0) is 50.2 Å². The summed E-state index contributed by atoms with van der Waals surface area (Å²) >= 11 is 0. The quantitative estimate of drug-likeness (QED) is 0.854. The van der Waals surface area contributed by atoms with Gasteiger partial charge in [0.05, 0.1) is 0 Å². The number of nitrogens with two attached hydrogens (primary N) is 1. The number of hydrogen-bond donors (Lipinski definition) is 1. The molecule has 0 aliphatic carbocycles. The maximum atomic E-state index is 5.95. The molecule has 2 heterocycles. The second-order valence-corrected chi connectivity index (χ2v) is 4.95. The predicted octanol–water partition coefficient (Wildman–Crippen LogP) is 2.29. The molecule has 1 saturated heterocycles. The topological polar surface area (TPSA) is 51.4 Å². The summed E-state index contributed by atoms with van der Waals surface area (Å²) in [6, 6.07) is 7.67. The molecule has 19 heavy (non-hydrogen) atoms. The maximum absolute atomic E-state index is 5.95. The summed E-state index contributed by atoms with van der Waals surface area (Å²) in [5.41, 5.74) is 7.55. The molecule has 0 amide bonds. The molecule has 4 heteroatoms. The average molecular weight is 257 g/mol. The largest absolute Gasteiger partial charge is 0.490 e. The first-order valence-electron chi connectivity index (χ1n) is 6.83. The van der Waals surface area contributed by atoms with E-state index >= 15 is 0 Å². The van der Waals surface area contributed by atoms with Gasteiger partial charge in [-0.25, -0.2) is 0 Å². The monoisotopic (exact) mass is 257 g/mol. The summed E-state index contributed by atoms with van der Waals surface area (Å²) in [6.45, 7) is 4.09. The van der Waals surface area contributed by atoms with Crippen molar-refractivity contribution in [1.82, 2.24) is 9.88 Å². The van der Waals surface area contributed by atoms with E-state index in [1.54, 1.807) is 6.20 Å². The van der Waals surface area contributed by atoms with E-state index in [2.05, 4.69) is 9.88 Å². The second kappa shape index (κ2) is 5.45. The molecule has 1 aromatic carbocycles. The van der Waals surface area contributed by atoms with Gasteiger partial charge in [-0.2, -0.15) is 0 Å². The minimum absolute atomic E-state index is 0.704. The number of pyridine rings is 1. The Morgan fingerprint density at radius 2 is 2.05 bits per heavy atom. The highest BCUT2D eigenvalue weighted by Gasteiger charge is 2.11. The number of nitrogen functional groups attached to an aromatic ring is 1. The van der Waals surface area contributed by atoms with Gasteiger partial charge in [0.15, 0.2) is 0 Å². The van der Waals surface area contributed by atoms with Crippen molar-refractivity contribution in [3.8, 4) is 5.75 Å². The van der Waals surface area contributed by atoms with Crippen LogP contribution in [0.5, 0.6) is 5.75 Å². The van der Waals surface area contributed by atoms with Crippen molar-refractivity contribution in [3.63, 3.8) is 0 Å². The Morgan fingerprint density at radius 1 is 1.21 bits per heavy atom. The van der Waals surface area contributed by atoms with Crippen molar-refractivity contribution in [2.24, 2.45) is 0 Å². The van der Waals surface area contributed by atoms with Crippen molar-refractivity contribution in [3.05, 3.63) is 30.5 Å². The number of nitrogens with zero attached hydrogens (tertiary/aromatic N) is 2. The fourth-order valence-corrected chi connectivity index (χ4v) is 2.58. The molecule has 0 bridgehead atoms. The summed E-state index contributed by atoms with van der Waals surface area (Å²) in [7, 11) is 0. The van der Waals surface area contributed by atoms with E-state index in [0.717, 1.165) is 28.9 Å². The lowest BCUT2D eigenvalue weighted by Gasteiger charge is -2.15. The first-order valence-corrected chi connectivity index (χ1v) is 6.83. The smallest absolute Gasteiger partial charge is 0.145 e. The van der Waals surface area contributed by atoms with Crippen LogP contribution in [0, 0.1) is 0 Å². The Morgan fingerprint density at radius 3 is 2.89 bits per heavy atom. The van der Waals surface area contributed by atoms with E-state index in [1.165, 1.54) is 25.9 Å². The van der Waals surface area contributed by atoms with E-state index < -0.39 is 0 Å². The molecule has 1 aliphatic rings. The standard InChI is InChI=1S/C15H19N3O/c16-13-5-6-14(15-12(13)4-3-7-17-15)19-11-10-18-8-1-2-9-18/h3-7H,1-2,8-11,16H2. The lowest BCUT2D eigenvalue weighted by atomic mass is 10.2. The molecule has 0 atom stereocenters. The van der Waals surface area contributed by atoms with Crippen molar-refractivity contribution in [2.45, 2.75) is 12.8 Å². The van der Waals surface area contributed by atoms with Gasteiger partial charge in [0.25, 0.3) is 0 Å². The summed E-state index contributed by atoms with van der Waals surface area (Å²) in [4.78, 5) is 6.81. The Kier molecular flexibility index (Phi) is 3.51. The fourth-order valence-electron chi connectivity index (χ4n) is 2.58. The third-order valence-corrected chi connectivity index (χ3v) is 3.63. The first kappa shape index (κ1) is 12.2. The highest BCUT2D eigenvalue weighted by Crippen LogP contribution is 2.27. The molecule has 1 fully saturated rings. The van der Waals surface area contributed by atoms with Gasteiger partial charge in [0.2, 0.25) is 0 Å². The summed E-state index contributed by atoms with van der Waals surface area (Å²) in [5.74, 6) is 0.823. The van der Waals surface area contributed by atoms with E-state index in [1.807, 2.05) is 24.3 Å². The van der Waals surface area contributed by atoms with E-state index in [0.29, 0.717) is 6.61 Å².